The predicted molar refractivity (Wildman–Crippen MR) is 96.3 cm³/mol. The zero-order chi connectivity index (χ0) is 13.8. The van der Waals surface area contributed by atoms with Gasteiger partial charge in [0.15, 0.2) is 0 Å². The maximum Gasteiger partial charge on any atom is 0.121 e. The second-order valence-electron chi connectivity index (χ2n) is 6.29. The molecule has 0 aromatic carbocycles. The number of piperazine rings is 1. The lowest BCUT2D eigenvalue weighted by molar-refractivity contribution is 0.0861. The molecule has 2 aliphatic rings. The normalized spacial score (nSPS) is 21.7. The molecule has 2 heterocycles. The van der Waals surface area contributed by atoms with Gasteiger partial charge in [0.2, 0.25) is 0 Å². The smallest absolute Gasteiger partial charge is 0.121 e. The topological polar surface area (TPSA) is 28.4 Å². The van der Waals surface area contributed by atoms with Crippen molar-refractivity contribution in [2.45, 2.75) is 51.5 Å². The Morgan fingerprint density at radius 3 is 2.41 bits per heavy atom. The molecule has 0 radical (unpaired) electrons. The van der Waals surface area contributed by atoms with Crippen LogP contribution in [0.25, 0.3) is 0 Å². The van der Waals surface area contributed by atoms with Crippen molar-refractivity contribution in [3.63, 3.8) is 0 Å². The van der Waals surface area contributed by atoms with Crippen LogP contribution in [-0.2, 0) is 6.42 Å². The molecule has 1 aliphatic heterocycles. The second kappa shape index (κ2) is 9.82. The largest absolute Gasteiger partial charge is 0.464 e. The molecule has 1 saturated heterocycles. The Labute approximate surface area is 147 Å². The van der Waals surface area contributed by atoms with Crippen molar-refractivity contribution in [2.75, 3.05) is 26.2 Å². The Hall–Kier alpha value is -0.220. The van der Waals surface area contributed by atoms with Crippen LogP contribution in [0.5, 0.6) is 0 Å². The highest BCUT2D eigenvalue weighted by Gasteiger charge is 2.32. The van der Waals surface area contributed by atoms with Crippen LogP contribution in [0, 0.1) is 5.92 Å². The molecule has 3 rings (SSSR count). The minimum Gasteiger partial charge on any atom is -0.464 e. The highest BCUT2D eigenvalue weighted by Crippen LogP contribution is 2.39. The predicted octanol–water partition coefficient (Wildman–Crippen LogP) is 4.21. The molecule has 1 aromatic heterocycles. The van der Waals surface area contributed by atoms with Crippen LogP contribution < -0.4 is 5.32 Å². The number of rotatable bonds is 4. The van der Waals surface area contributed by atoms with E-state index in [2.05, 4.69) is 29.3 Å². The van der Waals surface area contributed by atoms with Crippen molar-refractivity contribution >= 4 is 24.8 Å². The first-order chi connectivity index (χ1) is 9.88. The molecule has 3 nitrogen and oxygen atoms in total. The molecule has 1 aliphatic carbocycles. The summed E-state index contributed by atoms with van der Waals surface area (Å²) in [5.74, 6) is 3.14. The van der Waals surface area contributed by atoms with Gasteiger partial charge in [0, 0.05) is 32.6 Å². The number of furan rings is 1. The molecule has 2 fully saturated rings. The van der Waals surface area contributed by atoms with E-state index in [0.29, 0.717) is 6.04 Å². The Kier molecular flexibility index (Phi) is 8.85. The minimum absolute atomic E-state index is 0. The van der Waals surface area contributed by atoms with Gasteiger partial charge in [0.05, 0.1) is 6.04 Å². The fourth-order valence-electron chi connectivity index (χ4n) is 3.86. The van der Waals surface area contributed by atoms with Crippen LogP contribution in [0.2, 0.25) is 0 Å². The molecule has 5 heteroatoms. The van der Waals surface area contributed by atoms with Gasteiger partial charge in [-0.2, -0.15) is 0 Å². The van der Waals surface area contributed by atoms with Crippen molar-refractivity contribution < 1.29 is 4.42 Å². The highest BCUT2D eigenvalue weighted by molar-refractivity contribution is 5.85. The molecule has 1 saturated carbocycles. The number of nitrogens with zero attached hydrogens (tertiary/aromatic N) is 1. The van der Waals surface area contributed by atoms with Gasteiger partial charge in [-0.1, -0.05) is 26.2 Å². The molecular formula is C17H30Cl2N2O. The number of hydrogen-bond acceptors (Lipinski definition) is 3. The summed E-state index contributed by atoms with van der Waals surface area (Å²) in [4.78, 5) is 2.66. The van der Waals surface area contributed by atoms with Gasteiger partial charge >= 0.3 is 0 Å². The summed E-state index contributed by atoms with van der Waals surface area (Å²) in [6.45, 7) is 6.71. The van der Waals surface area contributed by atoms with Gasteiger partial charge in [0.1, 0.15) is 11.5 Å². The summed E-state index contributed by atoms with van der Waals surface area (Å²) in [5.41, 5.74) is 0. The number of aryl methyl sites for hydroxylation is 1. The van der Waals surface area contributed by atoms with Crippen LogP contribution in [0.1, 0.15) is 56.6 Å². The zero-order valence-electron chi connectivity index (χ0n) is 13.6. The first-order valence-corrected chi connectivity index (χ1v) is 8.42. The third-order valence-corrected chi connectivity index (χ3v) is 4.96. The first-order valence-electron chi connectivity index (χ1n) is 8.42. The monoisotopic (exact) mass is 348 g/mol. The van der Waals surface area contributed by atoms with Crippen molar-refractivity contribution in [3.8, 4) is 0 Å². The number of nitrogens with one attached hydrogen (secondary N) is 1. The molecule has 1 atom stereocenters. The maximum atomic E-state index is 6.14. The number of hydrogen-bond donors (Lipinski definition) is 1. The van der Waals surface area contributed by atoms with E-state index in [1.807, 2.05) is 0 Å². The summed E-state index contributed by atoms with van der Waals surface area (Å²) in [5, 5.41) is 3.47. The van der Waals surface area contributed by atoms with Crippen molar-refractivity contribution in [3.05, 3.63) is 23.7 Å². The van der Waals surface area contributed by atoms with Crippen LogP contribution in [0.15, 0.2) is 16.5 Å². The lowest BCUT2D eigenvalue weighted by Gasteiger charge is -2.39. The third kappa shape index (κ3) is 4.64. The highest BCUT2D eigenvalue weighted by atomic mass is 35.5. The van der Waals surface area contributed by atoms with Crippen LogP contribution in [0.3, 0.4) is 0 Å². The SMILES string of the molecule is CCc1ccc([C@H](C2CCCCC2)N2CCNCC2)o1.Cl.Cl. The second-order valence-corrected chi connectivity index (χ2v) is 6.29. The Bertz CT molecular complexity index is 395. The van der Waals surface area contributed by atoms with Crippen molar-refractivity contribution in [2.24, 2.45) is 5.92 Å². The Balaban J connectivity index is 0.00000121. The third-order valence-electron chi connectivity index (χ3n) is 4.96. The van der Waals surface area contributed by atoms with Gasteiger partial charge in [0.25, 0.3) is 0 Å². The average Bonchev–Trinajstić information content (AvgIpc) is 2.98. The lowest BCUT2D eigenvalue weighted by atomic mass is 9.82. The number of halogens is 2. The summed E-state index contributed by atoms with van der Waals surface area (Å²) >= 11 is 0. The van der Waals surface area contributed by atoms with Gasteiger partial charge in [-0.05, 0) is 30.9 Å². The molecule has 0 unspecified atom stereocenters. The maximum absolute atomic E-state index is 6.14. The molecule has 22 heavy (non-hydrogen) atoms. The van der Waals surface area contributed by atoms with Crippen molar-refractivity contribution in [1.82, 2.24) is 10.2 Å². The Morgan fingerprint density at radius 2 is 1.82 bits per heavy atom. The van der Waals surface area contributed by atoms with Gasteiger partial charge in [-0.15, -0.1) is 24.8 Å². The van der Waals surface area contributed by atoms with Crippen molar-refractivity contribution in [1.29, 1.82) is 0 Å². The standard InChI is InChI=1S/C17H28N2O.2ClH/c1-2-15-8-9-16(20-15)17(14-6-4-3-5-7-14)19-12-10-18-11-13-19;;/h8-9,14,17-18H,2-7,10-13H2,1H3;2*1H/t17-;;/m0../s1. The molecule has 128 valence electrons. The molecule has 0 bridgehead atoms. The Morgan fingerprint density at radius 1 is 1.14 bits per heavy atom. The lowest BCUT2D eigenvalue weighted by Crippen LogP contribution is -2.47. The van der Waals surface area contributed by atoms with E-state index < -0.39 is 0 Å². The zero-order valence-corrected chi connectivity index (χ0v) is 15.2. The van der Waals surface area contributed by atoms with E-state index in [4.69, 9.17) is 4.42 Å². The van der Waals surface area contributed by atoms with Gasteiger partial charge < -0.3 is 9.73 Å². The van der Waals surface area contributed by atoms with E-state index in [1.54, 1.807) is 0 Å². The summed E-state index contributed by atoms with van der Waals surface area (Å²) in [6, 6.07) is 4.92. The van der Waals surface area contributed by atoms with Crippen LogP contribution in [0.4, 0.5) is 0 Å². The summed E-state index contributed by atoms with van der Waals surface area (Å²) in [6.07, 6.45) is 7.96. The molecule has 0 spiro atoms. The summed E-state index contributed by atoms with van der Waals surface area (Å²) in [7, 11) is 0. The molecule has 1 aromatic rings. The van der Waals surface area contributed by atoms with E-state index >= 15 is 0 Å². The quantitative estimate of drug-likeness (QED) is 0.883. The van der Waals surface area contributed by atoms with E-state index in [9.17, 15) is 0 Å². The van der Waals surface area contributed by atoms with E-state index in [-0.39, 0.29) is 24.8 Å². The van der Waals surface area contributed by atoms with Gasteiger partial charge in [-0.25, -0.2) is 0 Å². The fourth-order valence-corrected chi connectivity index (χ4v) is 3.86. The van der Waals surface area contributed by atoms with Crippen LogP contribution >= 0.6 is 24.8 Å². The molecule has 0 amide bonds. The molecule has 1 N–H and O–H groups in total. The van der Waals surface area contributed by atoms with E-state index in [0.717, 1.165) is 44.3 Å². The minimum atomic E-state index is 0. The van der Waals surface area contributed by atoms with Crippen LogP contribution in [-0.4, -0.2) is 31.1 Å². The fraction of sp³-hybridized carbons (Fsp3) is 0.765. The van der Waals surface area contributed by atoms with Gasteiger partial charge in [-0.3, -0.25) is 4.90 Å². The first kappa shape index (κ1) is 19.8. The molecular weight excluding hydrogens is 319 g/mol. The van der Waals surface area contributed by atoms with E-state index in [1.165, 1.54) is 37.9 Å². The summed E-state index contributed by atoms with van der Waals surface area (Å²) < 4.78 is 6.14. The average molecular weight is 349 g/mol.